The molecule has 3 N–H and O–H groups in total. The average molecular weight is 428 g/mol. The summed E-state index contributed by atoms with van der Waals surface area (Å²) in [4.78, 5) is 0.361. The summed E-state index contributed by atoms with van der Waals surface area (Å²) >= 11 is 4.19. The van der Waals surface area contributed by atoms with Crippen molar-refractivity contribution in [3.05, 3.63) is 66.2 Å². The van der Waals surface area contributed by atoms with Crippen molar-refractivity contribution in [3.63, 3.8) is 0 Å². The quantitative estimate of drug-likeness (QED) is 0.201. The maximum atomic E-state index is 11.8. The maximum absolute atomic E-state index is 11.8. The van der Waals surface area contributed by atoms with Crippen LogP contribution >= 0.6 is 12.6 Å². The van der Waals surface area contributed by atoms with Gasteiger partial charge in [0.1, 0.15) is 10.6 Å². The van der Waals surface area contributed by atoms with Gasteiger partial charge in [0.15, 0.2) is 0 Å². The highest BCUT2D eigenvalue weighted by molar-refractivity contribution is 7.86. The number of thiol groups is 1. The predicted octanol–water partition coefficient (Wildman–Crippen LogP) is 5.94. The van der Waals surface area contributed by atoms with Gasteiger partial charge in [-0.15, -0.1) is 17.7 Å². The first-order valence-electron chi connectivity index (χ1n) is 8.32. The summed E-state index contributed by atoms with van der Waals surface area (Å²) in [5, 5.41) is 16.1. The zero-order valence-electron chi connectivity index (χ0n) is 15.3. The Hall–Kier alpha value is -3.08. The third kappa shape index (κ3) is 5.47. The highest BCUT2D eigenvalue weighted by Crippen LogP contribution is 2.32. The van der Waals surface area contributed by atoms with Gasteiger partial charge >= 0.3 is 0 Å². The molecular formula is C19H17N5O3S2. The van der Waals surface area contributed by atoms with E-state index in [4.69, 9.17) is 5.73 Å². The van der Waals surface area contributed by atoms with Gasteiger partial charge in [0.05, 0.1) is 17.1 Å². The van der Waals surface area contributed by atoms with E-state index in [2.05, 4.69) is 33.1 Å². The molecule has 0 heterocycles. The molecule has 10 heteroatoms. The van der Waals surface area contributed by atoms with E-state index in [0.29, 0.717) is 17.1 Å². The normalized spacial score (nSPS) is 12.1. The number of nitrogens with zero attached hydrogens (tertiary/aromatic N) is 4. The Bertz CT molecular complexity index is 1210. The van der Waals surface area contributed by atoms with Crippen LogP contribution in [0.5, 0.6) is 0 Å². The molecule has 0 unspecified atom stereocenters. The van der Waals surface area contributed by atoms with E-state index in [1.165, 1.54) is 18.2 Å². The molecular weight excluding hydrogens is 410 g/mol. The van der Waals surface area contributed by atoms with Gasteiger partial charge in [-0.05, 0) is 73.2 Å². The van der Waals surface area contributed by atoms with E-state index < -0.39 is 15.0 Å². The molecule has 0 aliphatic rings. The molecule has 0 aliphatic carbocycles. The highest BCUT2D eigenvalue weighted by Gasteiger charge is 2.16. The first-order chi connectivity index (χ1) is 13.7. The molecule has 148 valence electrons. The van der Waals surface area contributed by atoms with E-state index in [1.807, 2.05) is 0 Å². The molecule has 0 saturated heterocycles. The van der Waals surface area contributed by atoms with Crippen LogP contribution in [0.3, 0.4) is 0 Å². The van der Waals surface area contributed by atoms with Crippen LogP contribution in [0, 0.1) is 6.92 Å². The number of benzene rings is 3. The van der Waals surface area contributed by atoms with Crippen LogP contribution in [0.2, 0.25) is 0 Å². The third-order valence-corrected chi connectivity index (χ3v) is 5.02. The molecule has 0 aromatic heterocycles. The Kier molecular flexibility index (Phi) is 6.06. The van der Waals surface area contributed by atoms with Crippen molar-refractivity contribution >= 4 is 51.2 Å². The second-order valence-electron chi connectivity index (χ2n) is 6.09. The number of nitrogens with two attached hydrogens (primary N) is 1. The van der Waals surface area contributed by atoms with Crippen LogP contribution in [-0.2, 0) is 10.1 Å². The van der Waals surface area contributed by atoms with E-state index in [-0.39, 0.29) is 11.4 Å². The lowest BCUT2D eigenvalue weighted by atomic mass is 10.2. The minimum Gasteiger partial charge on any atom is -0.399 e. The molecule has 0 atom stereocenters. The Morgan fingerprint density at radius 3 is 2.07 bits per heavy atom. The van der Waals surface area contributed by atoms with Crippen LogP contribution in [0.1, 0.15) is 5.56 Å². The molecule has 0 bridgehead atoms. The van der Waals surface area contributed by atoms with Crippen molar-refractivity contribution in [3.8, 4) is 0 Å². The monoisotopic (exact) mass is 427 g/mol. The molecule has 0 spiro atoms. The second-order valence-corrected chi connectivity index (χ2v) is 8.00. The first-order valence-corrected chi connectivity index (χ1v) is 10.2. The minimum atomic E-state index is -4.55. The van der Waals surface area contributed by atoms with Crippen molar-refractivity contribution in [2.24, 2.45) is 20.5 Å². The lowest BCUT2D eigenvalue weighted by Crippen LogP contribution is -1.98. The van der Waals surface area contributed by atoms with Crippen molar-refractivity contribution in [2.75, 3.05) is 5.73 Å². The molecule has 29 heavy (non-hydrogen) atoms. The van der Waals surface area contributed by atoms with Gasteiger partial charge in [0.25, 0.3) is 10.1 Å². The number of azo groups is 2. The van der Waals surface area contributed by atoms with Crippen molar-refractivity contribution in [1.29, 1.82) is 0 Å². The number of hydrogen-bond acceptors (Lipinski definition) is 8. The van der Waals surface area contributed by atoms with Crippen LogP contribution < -0.4 is 5.73 Å². The zero-order chi connectivity index (χ0) is 21.0. The van der Waals surface area contributed by atoms with Crippen LogP contribution in [0.25, 0.3) is 0 Å². The van der Waals surface area contributed by atoms with Gasteiger partial charge in [-0.3, -0.25) is 4.55 Å². The first kappa shape index (κ1) is 20.6. The lowest BCUT2D eigenvalue weighted by Gasteiger charge is -2.04. The molecule has 0 amide bonds. The van der Waals surface area contributed by atoms with Gasteiger partial charge in [0.2, 0.25) is 0 Å². The fraction of sp³-hybridized carbons (Fsp3) is 0.0526. The molecule has 0 fully saturated rings. The Balaban J connectivity index is 1.94. The van der Waals surface area contributed by atoms with E-state index in [1.54, 1.807) is 49.4 Å². The zero-order valence-corrected chi connectivity index (χ0v) is 17.0. The van der Waals surface area contributed by atoms with Crippen molar-refractivity contribution in [2.45, 2.75) is 16.7 Å². The average Bonchev–Trinajstić information content (AvgIpc) is 2.66. The van der Waals surface area contributed by atoms with Crippen LogP contribution in [0.15, 0.2) is 90.9 Å². The summed E-state index contributed by atoms with van der Waals surface area (Å²) in [6.45, 7) is 1.80. The molecule has 3 rings (SSSR count). The summed E-state index contributed by atoms with van der Waals surface area (Å²) in [6, 6.07) is 16.1. The van der Waals surface area contributed by atoms with E-state index in [0.717, 1.165) is 10.5 Å². The number of anilines is 1. The summed E-state index contributed by atoms with van der Waals surface area (Å²) < 4.78 is 33.2. The molecule has 8 nitrogen and oxygen atoms in total. The molecule has 0 radical (unpaired) electrons. The summed E-state index contributed by atoms with van der Waals surface area (Å²) in [5.74, 6) is 0. The summed E-state index contributed by atoms with van der Waals surface area (Å²) in [5.41, 5.74) is 8.36. The van der Waals surface area contributed by atoms with Crippen molar-refractivity contribution < 1.29 is 13.0 Å². The number of aryl methyl sites for hydroxylation is 1. The van der Waals surface area contributed by atoms with Gasteiger partial charge in [-0.1, -0.05) is 0 Å². The summed E-state index contributed by atoms with van der Waals surface area (Å²) in [7, 11) is -4.55. The Labute approximate surface area is 173 Å². The Morgan fingerprint density at radius 2 is 1.41 bits per heavy atom. The topological polar surface area (TPSA) is 130 Å². The highest BCUT2D eigenvalue weighted by atomic mass is 32.2. The van der Waals surface area contributed by atoms with E-state index >= 15 is 0 Å². The van der Waals surface area contributed by atoms with Gasteiger partial charge in [-0.25, -0.2) is 0 Å². The fourth-order valence-electron chi connectivity index (χ4n) is 2.39. The maximum Gasteiger partial charge on any atom is 0.296 e. The Morgan fingerprint density at radius 1 is 0.828 bits per heavy atom. The number of nitrogen functional groups attached to an aromatic ring is 1. The standard InChI is InChI=1S/C19H17N5O3S2/c1-12-10-13(20)2-8-17(12)23-24-18-9-5-15(11-19(18)29(25,26)27)22-21-14-3-6-16(28)7-4-14/h2-11,28H,20H2,1H3,(H,25,26,27). The molecule has 3 aromatic carbocycles. The smallest absolute Gasteiger partial charge is 0.296 e. The van der Waals surface area contributed by atoms with Crippen molar-refractivity contribution in [1.82, 2.24) is 0 Å². The fourth-order valence-corrected chi connectivity index (χ4v) is 3.18. The van der Waals surface area contributed by atoms with Gasteiger partial charge in [-0.2, -0.15) is 23.8 Å². The molecule has 0 aliphatic heterocycles. The van der Waals surface area contributed by atoms with Crippen LogP contribution in [-0.4, -0.2) is 13.0 Å². The van der Waals surface area contributed by atoms with Gasteiger partial charge < -0.3 is 5.73 Å². The lowest BCUT2D eigenvalue weighted by molar-refractivity contribution is 0.483. The van der Waals surface area contributed by atoms with E-state index in [9.17, 15) is 13.0 Å². The molecule has 3 aromatic rings. The predicted molar refractivity (Wildman–Crippen MR) is 114 cm³/mol. The largest absolute Gasteiger partial charge is 0.399 e. The SMILES string of the molecule is Cc1cc(N)ccc1N=Nc1ccc(N=Nc2ccc(S)cc2)cc1S(=O)(=O)O. The minimum absolute atomic E-state index is 0.0258. The number of hydrogen-bond donors (Lipinski definition) is 3. The second kappa shape index (κ2) is 8.52. The van der Waals surface area contributed by atoms with Crippen LogP contribution in [0.4, 0.5) is 28.4 Å². The number of rotatable bonds is 5. The summed E-state index contributed by atoms with van der Waals surface area (Å²) in [6.07, 6.45) is 0. The van der Waals surface area contributed by atoms with Gasteiger partial charge in [0, 0.05) is 10.6 Å². The molecule has 0 saturated carbocycles. The third-order valence-electron chi connectivity index (χ3n) is 3.84.